The molecule has 2 aromatic rings. The number of unbranched alkanes of at least 4 members (excludes halogenated alkanes) is 1. The number of thiazole rings is 1. The smallest absolute Gasteiger partial charge is 0.191 e. The molecule has 7 heteroatoms. The Bertz CT molecular complexity index is 660. The van der Waals surface area contributed by atoms with E-state index in [0.717, 1.165) is 44.0 Å². The van der Waals surface area contributed by atoms with Crippen molar-refractivity contribution in [3.05, 3.63) is 51.7 Å². The molecule has 0 aliphatic rings. The molecular formula is C18H26FIN4S. The predicted octanol–water partition coefficient (Wildman–Crippen LogP) is 4.29. The van der Waals surface area contributed by atoms with Crippen molar-refractivity contribution in [2.45, 2.75) is 39.7 Å². The summed E-state index contributed by atoms with van der Waals surface area (Å²) in [6.45, 7) is 6.00. The summed E-state index contributed by atoms with van der Waals surface area (Å²) in [6.07, 6.45) is 3.15. The molecule has 0 spiro atoms. The number of benzene rings is 1. The third-order valence-corrected chi connectivity index (χ3v) is 4.51. The summed E-state index contributed by atoms with van der Waals surface area (Å²) in [5, 5.41) is 9.78. The second-order valence-electron chi connectivity index (χ2n) is 5.55. The van der Waals surface area contributed by atoms with Gasteiger partial charge in [-0.3, -0.25) is 0 Å². The number of halogens is 2. The van der Waals surface area contributed by atoms with Crippen molar-refractivity contribution in [1.82, 2.24) is 15.6 Å². The molecule has 4 nitrogen and oxygen atoms in total. The van der Waals surface area contributed by atoms with E-state index in [-0.39, 0.29) is 29.8 Å². The van der Waals surface area contributed by atoms with Gasteiger partial charge in [-0.1, -0.05) is 18.2 Å². The average Bonchev–Trinajstić information content (AvgIpc) is 2.99. The SMILES string of the molecule is CCNC(=NCc1ccccc1F)NCCCCc1nc(C)cs1.I. The number of rotatable bonds is 8. The highest BCUT2D eigenvalue weighted by Gasteiger charge is 2.02. The van der Waals surface area contributed by atoms with Crippen molar-refractivity contribution in [1.29, 1.82) is 0 Å². The summed E-state index contributed by atoms with van der Waals surface area (Å²) in [5.41, 5.74) is 1.71. The van der Waals surface area contributed by atoms with Crippen molar-refractivity contribution in [3.63, 3.8) is 0 Å². The summed E-state index contributed by atoms with van der Waals surface area (Å²) in [7, 11) is 0. The van der Waals surface area contributed by atoms with Crippen LogP contribution >= 0.6 is 35.3 Å². The zero-order valence-corrected chi connectivity index (χ0v) is 17.9. The van der Waals surface area contributed by atoms with Crippen molar-refractivity contribution >= 4 is 41.3 Å². The van der Waals surface area contributed by atoms with Crippen LogP contribution in [-0.2, 0) is 13.0 Å². The van der Waals surface area contributed by atoms with Crippen molar-refractivity contribution in [2.24, 2.45) is 4.99 Å². The lowest BCUT2D eigenvalue weighted by Gasteiger charge is -2.11. The van der Waals surface area contributed by atoms with E-state index >= 15 is 0 Å². The van der Waals surface area contributed by atoms with Crippen LogP contribution in [0.4, 0.5) is 4.39 Å². The Balaban J connectivity index is 0.00000312. The van der Waals surface area contributed by atoms with Gasteiger partial charge in [0.1, 0.15) is 5.82 Å². The monoisotopic (exact) mass is 476 g/mol. The fourth-order valence-corrected chi connectivity index (χ4v) is 3.08. The molecule has 0 saturated heterocycles. The molecule has 2 rings (SSSR count). The van der Waals surface area contributed by atoms with Crippen LogP contribution in [0.25, 0.3) is 0 Å². The molecule has 1 aromatic carbocycles. The minimum Gasteiger partial charge on any atom is -0.357 e. The number of hydrogen-bond acceptors (Lipinski definition) is 3. The van der Waals surface area contributed by atoms with Crippen LogP contribution in [0.5, 0.6) is 0 Å². The van der Waals surface area contributed by atoms with Crippen LogP contribution in [-0.4, -0.2) is 24.0 Å². The Morgan fingerprint density at radius 1 is 1.24 bits per heavy atom. The standard InChI is InChI=1S/C18H25FN4S.HI/c1-3-20-18(22-12-15-8-4-5-9-16(15)19)21-11-7-6-10-17-23-14(2)13-24-17;/h4-5,8-9,13H,3,6-7,10-12H2,1-2H3,(H2,20,21,22);1H. The predicted molar refractivity (Wildman–Crippen MR) is 114 cm³/mol. The van der Waals surface area contributed by atoms with Crippen LogP contribution < -0.4 is 10.6 Å². The number of aliphatic imine (C=N–C) groups is 1. The molecule has 25 heavy (non-hydrogen) atoms. The molecule has 138 valence electrons. The molecule has 0 bridgehead atoms. The maximum absolute atomic E-state index is 13.6. The Hall–Kier alpha value is -1.22. The third kappa shape index (κ3) is 8.13. The first-order valence-electron chi connectivity index (χ1n) is 8.35. The van der Waals surface area contributed by atoms with Crippen molar-refractivity contribution in [3.8, 4) is 0 Å². The highest BCUT2D eigenvalue weighted by molar-refractivity contribution is 14.0. The van der Waals surface area contributed by atoms with Gasteiger partial charge < -0.3 is 10.6 Å². The fourth-order valence-electron chi connectivity index (χ4n) is 2.26. The molecule has 0 aliphatic carbocycles. The number of hydrogen-bond donors (Lipinski definition) is 2. The lowest BCUT2D eigenvalue weighted by atomic mass is 10.2. The molecule has 1 aromatic heterocycles. The Labute approximate surface area is 170 Å². The highest BCUT2D eigenvalue weighted by atomic mass is 127. The zero-order valence-electron chi connectivity index (χ0n) is 14.7. The molecule has 0 aliphatic heterocycles. The van der Waals surface area contributed by atoms with Crippen LogP contribution in [0.2, 0.25) is 0 Å². The zero-order chi connectivity index (χ0) is 17.2. The van der Waals surface area contributed by atoms with Gasteiger partial charge in [0.25, 0.3) is 0 Å². The maximum Gasteiger partial charge on any atom is 0.191 e. The fraction of sp³-hybridized carbons (Fsp3) is 0.444. The molecular weight excluding hydrogens is 450 g/mol. The summed E-state index contributed by atoms with van der Waals surface area (Å²) in [6, 6.07) is 6.74. The first-order valence-corrected chi connectivity index (χ1v) is 9.23. The summed E-state index contributed by atoms with van der Waals surface area (Å²) < 4.78 is 13.6. The minimum atomic E-state index is -0.212. The van der Waals surface area contributed by atoms with Crippen molar-refractivity contribution < 1.29 is 4.39 Å². The highest BCUT2D eigenvalue weighted by Crippen LogP contribution is 2.11. The summed E-state index contributed by atoms with van der Waals surface area (Å²) in [4.78, 5) is 8.92. The molecule has 2 N–H and O–H groups in total. The van der Waals surface area contributed by atoms with Crippen LogP contribution in [0, 0.1) is 12.7 Å². The average molecular weight is 476 g/mol. The second-order valence-corrected chi connectivity index (χ2v) is 6.50. The topological polar surface area (TPSA) is 49.3 Å². The van der Waals surface area contributed by atoms with Crippen LogP contribution in [0.3, 0.4) is 0 Å². The van der Waals surface area contributed by atoms with Gasteiger partial charge in [0, 0.05) is 29.7 Å². The number of aromatic nitrogens is 1. The van der Waals surface area contributed by atoms with Crippen LogP contribution in [0.1, 0.15) is 36.0 Å². The van der Waals surface area contributed by atoms with Gasteiger partial charge in [0.05, 0.1) is 11.6 Å². The molecule has 0 fully saturated rings. The maximum atomic E-state index is 13.6. The minimum absolute atomic E-state index is 0. The van der Waals surface area contributed by atoms with Gasteiger partial charge in [-0.05, 0) is 39.2 Å². The van der Waals surface area contributed by atoms with E-state index in [2.05, 4.69) is 26.0 Å². The molecule has 0 radical (unpaired) electrons. The van der Waals surface area contributed by atoms with Gasteiger partial charge in [-0.2, -0.15) is 0 Å². The first kappa shape index (κ1) is 21.8. The number of nitrogens with zero attached hydrogens (tertiary/aromatic N) is 2. The van der Waals surface area contributed by atoms with Crippen molar-refractivity contribution in [2.75, 3.05) is 13.1 Å². The lowest BCUT2D eigenvalue weighted by Crippen LogP contribution is -2.37. The lowest BCUT2D eigenvalue weighted by molar-refractivity contribution is 0.610. The van der Waals surface area contributed by atoms with Crippen LogP contribution in [0.15, 0.2) is 34.6 Å². The van der Waals surface area contributed by atoms with E-state index in [1.165, 1.54) is 11.1 Å². The molecule has 0 amide bonds. The van der Waals surface area contributed by atoms with Gasteiger partial charge >= 0.3 is 0 Å². The molecule has 0 unspecified atom stereocenters. The molecule has 1 heterocycles. The molecule has 0 atom stereocenters. The number of guanidine groups is 1. The van der Waals surface area contributed by atoms with E-state index < -0.39 is 0 Å². The summed E-state index contributed by atoms with van der Waals surface area (Å²) in [5.74, 6) is 0.515. The normalized spacial score (nSPS) is 11.1. The van der Waals surface area contributed by atoms with Gasteiger partial charge in [-0.15, -0.1) is 35.3 Å². The Kier molecular flexibility index (Phi) is 10.6. The van der Waals surface area contributed by atoms with E-state index in [9.17, 15) is 4.39 Å². The third-order valence-electron chi connectivity index (χ3n) is 3.49. The second kappa shape index (κ2) is 12.2. The first-order chi connectivity index (χ1) is 11.7. The van der Waals surface area contributed by atoms with E-state index in [1.54, 1.807) is 23.5 Å². The van der Waals surface area contributed by atoms with Gasteiger partial charge in [0.15, 0.2) is 5.96 Å². The van der Waals surface area contributed by atoms with Gasteiger partial charge in [-0.25, -0.2) is 14.4 Å². The number of aryl methyl sites for hydroxylation is 2. The quantitative estimate of drug-likeness (QED) is 0.259. The Morgan fingerprint density at radius 3 is 2.72 bits per heavy atom. The van der Waals surface area contributed by atoms with Gasteiger partial charge in [0.2, 0.25) is 0 Å². The van der Waals surface area contributed by atoms with E-state index in [4.69, 9.17) is 0 Å². The Morgan fingerprint density at radius 2 is 2.04 bits per heavy atom. The molecule has 0 saturated carbocycles. The summed E-state index contributed by atoms with van der Waals surface area (Å²) >= 11 is 1.73. The largest absolute Gasteiger partial charge is 0.357 e. The van der Waals surface area contributed by atoms with E-state index in [0.29, 0.717) is 12.1 Å². The number of nitrogens with one attached hydrogen (secondary N) is 2. The van der Waals surface area contributed by atoms with E-state index in [1.807, 2.05) is 19.9 Å².